The number of anilines is 1. The molecule has 3 fully saturated rings. The molecular weight excluding hydrogens is 366 g/mol. The van der Waals surface area contributed by atoms with Gasteiger partial charge in [-0.2, -0.15) is 0 Å². The number of benzene rings is 2. The van der Waals surface area contributed by atoms with E-state index in [1.807, 2.05) is 0 Å². The van der Waals surface area contributed by atoms with Gasteiger partial charge in [0.1, 0.15) is 0 Å². The first-order valence-electron chi connectivity index (χ1n) is 12.0. The first-order valence-corrected chi connectivity index (χ1v) is 12.0. The quantitative estimate of drug-likeness (QED) is 0.756. The number of rotatable bonds is 4. The molecule has 2 aromatic rings. The fraction of sp³-hybridized carbons (Fsp3) is 0.556. The van der Waals surface area contributed by atoms with Gasteiger partial charge in [-0.3, -0.25) is 4.90 Å². The van der Waals surface area contributed by atoms with Gasteiger partial charge in [-0.1, -0.05) is 56.3 Å². The molecule has 2 unspecified atom stereocenters. The molecule has 3 heteroatoms. The van der Waals surface area contributed by atoms with E-state index in [2.05, 4.69) is 83.6 Å². The highest BCUT2D eigenvalue weighted by atomic mass is 15.3. The number of piperazine rings is 1. The fourth-order valence-corrected chi connectivity index (χ4v) is 6.37. The van der Waals surface area contributed by atoms with Crippen molar-refractivity contribution in [1.29, 1.82) is 0 Å². The van der Waals surface area contributed by atoms with Crippen LogP contribution >= 0.6 is 0 Å². The first-order chi connectivity index (χ1) is 14.7. The van der Waals surface area contributed by atoms with Gasteiger partial charge >= 0.3 is 0 Å². The Hall–Kier alpha value is -1.84. The van der Waals surface area contributed by atoms with Crippen LogP contribution in [0.1, 0.15) is 62.6 Å². The van der Waals surface area contributed by atoms with Crippen molar-refractivity contribution in [3.63, 3.8) is 0 Å². The summed E-state index contributed by atoms with van der Waals surface area (Å²) < 4.78 is 0. The van der Waals surface area contributed by atoms with E-state index in [0.29, 0.717) is 17.4 Å². The second-order valence-electron chi connectivity index (χ2n) is 9.99. The Kier molecular flexibility index (Phi) is 5.59. The van der Waals surface area contributed by atoms with Gasteiger partial charge in [-0.25, -0.2) is 0 Å². The molecule has 0 aromatic heterocycles. The van der Waals surface area contributed by atoms with Crippen molar-refractivity contribution in [2.24, 2.45) is 5.41 Å². The molecule has 1 saturated carbocycles. The molecule has 160 valence electrons. The van der Waals surface area contributed by atoms with Crippen molar-refractivity contribution in [3.8, 4) is 0 Å². The average Bonchev–Trinajstić information content (AvgIpc) is 2.80. The number of hydrogen-bond acceptors (Lipinski definition) is 3. The molecule has 1 aliphatic carbocycles. The molecule has 2 atom stereocenters. The predicted octanol–water partition coefficient (Wildman–Crippen LogP) is 5.21. The van der Waals surface area contributed by atoms with E-state index in [1.165, 1.54) is 56.6 Å². The van der Waals surface area contributed by atoms with E-state index in [1.54, 1.807) is 5.56 Å². The largest absolute Gasteiger partial charge is 0.368 e. The lowest BCUT2D eigenvalue weighted by molar-refractivity contribution is -0.0709. The molecule has 1 spiro atoms. The van der Waals surface area contributed by atoms with Crippen LogP contribution in [0.4, 0.5) is 5.69 Å². The Morgan fingerprint density at radius 3 is 2.33 bits per heavy atom. The van der Waals surface area contributed by atoms with Crippen LogP contribution in [-0.4, -0.2) is 43.7 Å². The zero-order valence-electron chi connectivity index (χ0n) is 18.7. The lowest BCUT2D eigenvalue weighted by Gasteiger charge is -2.60. The summed E-state index contributed by atoms with van der Waals surface area (Å²) in [5, 5.41) is 3.60. The van der Waals surface area contributed by atoms with Crippen molar-refractivity contribution >= 4 is 5.69 Å². The second kappa shape index (κ2) is 8.36. The third-order valence-electron chi connectivity index (χ3n) is 8.14. The predicted molar refractivity (Wildman–Crippen MR) is 126 cm³/mol. The van der Waals surface area contributed by atoms with E-state index >= 15 is 0 Å². The highest BCUT2D eigenvalue weighted by Gasteiger charge is 2.51. The monoisotopic (exact) mass is 403 g/mol. The Morgan fingerprint density at radius 2 is 1.63 bits per heavy atom. The Balaban J connectivity index is 1.49. The van der Waals surface area contributed by atoms with Gasteiger partial charge in [-0.15, -0.1) is 0 Å². The number of nitrogens with zero attached hydrogens (tertiary/aromatic N) is 2. The van der Waals surface area contributed by atoms with E-state index in [0.717, 1.165) is 19.1 Å². The maximum Gasteiger partial charge on any atom is 0.0530 e. The minimum Gasteiger partial charge on any atom is -0.368 e. The van der Waals surface area contributed by atoms with Gasteiger partial charge in [0.25, 0.3) is 0 Å². The Labute approximate surface area is 182 Å². The fourth-order valence-electron chi connectivity index (χ4n) is 6.37. The summed E-state index contributed by atoms with van der Waals surface area (Å²) in [6, 6.07) is 21.5. The van der Waals surface area contributed by atoms with Crippen molar-refractivity contribution in [1.82, 2.24) is 10.2 Å². The topological polar surface area (TPSA) is 18.5 Å². The Bertz CT molecular complexity index is 840. The lowest BCUT2D eigenvalue weighted by Crippen LogP contribution is -2.63. The molecule has 30 heavy (non-hydrogen) atoms. The second-order valence-corrected chi connectivity index (χ2v) is 9.99. The first kappa shape index (κ1) is 20.1. The minimum atomic E-state index is 0.481. The zero-order valence-corrected chi connectivity index (χ0v) is 18.7. The third-order valence-corrected chi connectivity index (χ3v) is 8.14. The third kappa shape index (κ3) is 3.56. The number of piperidine rings is 1. The van der Waals surface area contributed by atoms with Crippen molar-refractivity contribution in [2.75, 3.05) is 37.6 Å². The van der Waals surface area contributed by atoms with E-state index in [9.17, 15) is 0 Å². The van der Waals surface area contributed by atoms with E-state index < -0.39 is 0 Å². The van der Waals surface area contributed by atoms with Crippen LogP contribution in [0.3, 0.4) is 0 Å². The highest BCUT2D eigenvalue weighted by molar-refractivity contribution is 5.48. The molecular formula is C27H37N3. The van der Waals surface area contributed by atoms with Gasteiger partial charge in [0.15, 0.2) is 0 Å². The van der Waals surface area contributed by atoms with Crippen LogP contribution in [0.15, 0.2) is 54.6 Å². The number of hydrogen-bond donors (Lipinski definition) is 1. The lowest BCUT2D eigenvalue weighted by atomic mass is 9.58. The molecule has 2 aromatic carbocycles. The average molecular weight is 404 g/mol. The van der Waals surface area contributed by atoms with Crippen molar-refractivity contribution < 1.29 is 0 Å². The van der Waals surface area contributed by atoms with Crippen LogP contribution in [0.25, 0.3) is 0 Å². The van der Waals surface area contributed by atoms with Crippen LogP contribution < -0.4 is 10.2 Å². The SMILES string of the molecule is CC(C)c1ccccc1C1CN(c2ccccc2)CCN1C1CCC12CCNCC2. The van der Waals surface area contributed by atoms with Crippen molar-refractivity contribution in [3.05, 3.63) is 65.7 Å². The molecule has 0 bridgehead atoms. The van der Waals surface area contributed by atoms with Crippen molar-refractivity contribution in [2.45, 2.75) is 57.5 Å². The molecule has 3 nitrogen and oxygen atoms in total. The summed E-state index contributed by atoms with van der Waals surface area (Å²) in [5.41, 5.74) is 5.02. The molecule has 0 radical (unpaired) electrons. The summed E-state index contributed by atoms with van der Waals surface area (Å²) in [6.45, 7) is 10.5. The van der Waals surface area contributed by atoms with Crippen LogP contribution in [-0.2, 0) is 0 Å². The van der Waals surface area contributed by atoms with Gasteiger partial charge in [0.05, 0.1) is 6.04 Å². The molecule has 2 heterocycles. The number of para-hydroxylation sites is 1. The van der Waals surface area contributed by atoms with Crippen LogP contribution in [0, 0.1) is 5.41 Å². The summed E-state index contributed by atoms with van der Waals surface area (Å²) in [7, 11) is 0. The molecule has 0 amide bonds. The van der Waals surface area contributed by atoms with Crippen LogP contribution in [0.5, 0.6) is 0 Å². The van der Waals surface area contributed by atoms with Gasteiger partial charge < -0.3 is 10.2 Å². The number of nitrogens with one attached hydrogen (secondary N) is 1. The normalized spacial score (nSPS) is 26.7. The summed E-state index contributed by atoms with van der Waals surface area (Å²) in [6.07, 6.45) is 5.52. The van der Waals surface area contributed by atoms with E-state index in [4.69, 9.17) is 0 Å². The van der Waals surface area contributed by atoms with Gasteiger partial charge in [0, 0.05) is 31.4 Å². The summed E-state index contributed by atoms with van der Waals surface area (Å²) >= 11 is 0. The standard InChI is InChI=1S/C27H37N3/c1-21(2)23-10-6-7-11-24(23)25-20-29(22-8-4-3-5-9-22)18-19-30(25)26-12-13-27(26)14-16-28-17-15-27/h3-11,21,25-26,28H,12-20H2,1-2H3. The Morgan fingerprint density at radius 1 is 0.900 bits per heavy atom. The zero-order chi connectivity index (χ0) is 20.6. The maximum atomic E-state index is 3.60. The smallest absolute Gasteiger partial charge is 0.0530 e. The molecule has 2 saturated heterocycles. The molecule has 5 rings (SSSR count). The molecule has 2 aliphatic heterocycles. The van der Waals surface area contributed by atoms with Crippen LogP contribution in [0.2, 0.25) is 0 Å². The van der Waals surface area contributed by atoms with Gasteiger partial charge in [0.2, 0.25) is 0 Å². The maximum absolute atomic E-state index is 3.60. The highest BCUT2D eigenvalue weighted by Crippen LogP contribution is 2.53. The molecule has 1 N–H and O–H groups in total. The van der Waals surface area contributed by atoms with E-state index in [-0.39, 0.29) is 0 Å². The minimum absolute atomic E-state index is 0.481. The summed E-state index contributed by atoms with van der Waals surface area (Å²) in [4.78, 5) is 5.54. The summed E-state index contributed by atoms with van der Waals surface area (Å²) in [5.74, 6) is 0.560. The van der Waals surface area contributed by atoms with Gasteiger partial charge in [-0.05, 0) is 73.4 Å². The molecule has 3 aliphatic rings.